The molecule has 0 radical (unpaired) electrons. The molecule has 10 fully saturated rings. The van der Waals surface area contributed by atoms with Crippen LogP contribution in [0, 0.1) is 29.6 Å². The van der Waals surface area contributed by atoms with E-state index < -0.39 is 60.4 Å². The molecule has 3 unspecified atom stereocenters. The van der Waals surface area contributed by atoms with E-state index in [1.54, 1.807) is 61.3 Å². The van der Waals surface area contributed by atoms with Crippen LogP contribution in [0.15, 0.2) is 91.6 Å². The number of nitrogens with zero attached hydrogens (tertiary/aromatic N) is 15. The monoisotopic (exact) mass is 1720 g/mol. The molecule has 20 rings (SSSR count). The number of fused-ring (bicyclic) bond motifs is 5. The standard InChI is InChI=1S/5C18H22FN5O/c5*1-2-11-4-3-5-24(11)16-7-10-6-15(21-9-13(10)17(20)23-16)22-18(25)12-8-14(12)19/h5*6-7,9,11-12,14H,2-5,8H2,1H3,(H2,20,23)(H,21,22,25)/t2*11-,12+,14-;2*11-,12-,14+;/m1010./s1. The molecule has 10 aliphatic rings. The van der Waals surface area contributed by atoms with Gasteiger partial charge in [0.1, 0.15) is 118 Å². The molecule has 125 heavy (non-hydrogen) atoms. The van der Waals surface area contributed by atoms with Gasteiger partial charge in [-0.2, -0.15) is 0 Å². The second-order valence-electron chi connectivity index (χ2n) is 34.5. The first kappa shape index (κ1) is 86.3. The minimum absolute atomic E-state index is 0.299. The van der Waals surface area contributed by atoms with Crippen LogP contribution in [0.1, 0.15) is 163 Å². The molecular formula is C90H110F5N25O5. The maximum Gasteiger partial charge on any atom is 0.231 e. The Morgan fingerprint density at radius 2 is 0.456 bits per heavy atom. The van der Waals surface area contributed by atoms with Crippen molar-refractivity contribution in [2.24, 2.45) is 29.6 Å². The minimum Gasteiger partial charge on any atom is -0.383 e. The number of alkyl halides is 5. The van der Waals surface area contributed by atoms with E-state index in [-0.39, 0.29) is 29.5 Å². The topological polar surface area (TPSA) is 421 Å². The van der Waals surface area contributed by atoms with Crippen LogP contribution in [0.5, 0.6) is 0 Å². The third kappa shape index (κ3) is 19.5. The SMILES string of the molecule is CCC1CCCN1c1cc2cc(NC(=O)C3CC3F)ncc2c(N)n1.CC[C@@H]1CCCN1c1cc2cc(NC(=O)[C@@H]3C[C@@H]3F)ncc2c(N)n1.CC[C@@H]1CCCN1c1cc2cc(NC(=O)[C@H]3C[C@H]3F)ncc2c(N)n1.CC[C@H]1CCCN1c1cc2cc(NC(=O)[C@@H]3C[C@@H]3F)ncc2c(N)n1.CC[C@H]1CCCN1c1cc2cc(NC(=O)[C@H]3C[C@H]3F)ncc2c(N)n1. The van der Waals surface area contributed by atoms with Crippen LogP contribution in [-0.4, -0.2) is 173 Å². The summed E-state index contributed by atoms with van der Waals surface area (Å²) in [6.45, 7) is 15.8. The van der Waals surface area contributed by atoms with E-state index in [0.29, 0.717) is 120 Å². The van der Waals surface area contributed by atoms with Crippen LogP contribution in [0.4, 0.5) is 109 Å². The number of nitrogens with two attached hydrogens (primary N) is 5. The molecule has 0 aromatic carbocycles. The molecule has 15 N–H and O–H groups in total. The van der Waals surface area contributed by atoms with E-state index in [9.17, 15) is 45.9 Å². The molecule has 5 amide bonds. The summed E-state index contributed by atoms with van der Waals surface area (Å²) in [5.41, 5.74) is 30.6. The van der Waals surface area contributed by atoms with E-state index in [1.807, 2.05) is 30.3 Å². The number of halogens is 5. The molecule has 15 heterocycles. The summed E-state index contributed by atoms with van der Waals surface area (Å²) in [6, 6.07) is 21.3. The van der Waals surface area contributed by atoms with Crippen molar-refractivity contribution in [2.75, 3.05) is 112 Å². The average Bonchev–Trinajstić information content (AvgIpc) is 1.75. The highest BCUT2D eigenvalue weighted by atomic mass is 19.2. The summed E-state index contributed by atoms with van der Waals surface area (Å²) in [5, 5.41) is 21.6. The second-order valence-corrected chi connectivity index (χ2v) is 34.5. The quantitative estimate of drug-likeness (QED) is 0.0317. The summed E-state index contributed by atoms with van der Waals surface area (Å²) in [6.07, 6.45) is 21.4. The van der Waals surface area contributed by atoms with Crippen LogP contribution < -0.4 is 79.8 Å². The van der Waals surface area contributed by atoms with Gasteiger partial charge in [-0.3, -0.25) is 24.0 Å². The van der Waals surface area contributed by atoms with Gasteiger partial charge in [0.2, 0.25) is 29.5 Å². The Bertz CT molecular complexity index is 4930. The van der Waals surface area contributed by atoms with Crippen molar-refractivity contribution in [3.63, 3.8) is 0 Å². The number of pyridine rings is 10. The predicted octanol–water partition coefficient (Wildman–Crippen LogP) is 14.4. The number of carbonyl (C=O) groups excluding carboxylic acids is 5. The van der Waals surface area contributed by atoms with Gasteiger partial charge in [0.05, 0.1) is 29.6 Å². The Hall–Kier alpha value is -12.2. The van der Waals surface area contributed by atoms with Gasteiger partial charge < -0.3 is 79.8 Å². The lowest BCUT2D eigenvalue weighted by Gasteiger charge is -2.25. The van der Waals surface area contributed by atoms with Crippen molar-refractivity contribution in [3.8, 4) is 0 Å². The fourth-order valence-electron chi connectivity index (χ4n) is 18.0. The number of amides is 5. The third-order valence-electron chi connectivity index (χ3n) is 25.9. The van der Waals surface area contributed by atoms with Gasteiger partial charge in [0, 0.05) is 121 Å². The van der Waals surface area contributed by atoms with Gasteiger partial charge in [-0.05, 0) is 216 Å². The van der Waals surface area contributed by atoms with Crippen molar-refractivity contribution in [3.05, 3.63) is 91.6 Å². The van der Waals surface area contributed by atoms with Crippen molar-refractivity contribution in [1.82, 2.24) is 49.8 Å². The molecule has 5 saturated heterocycles. The van der Waals surface area contributed by atoms with Gasteiger partial charge in [-0.15, -0.1) is 0 Å². The summed E-state index contributed by atoms with van der Waals surface area (Å²) in [7, 11) is 0. The number of carbonyl (C=O) groups is 5. The van der Waals surface area contributed by atoms with Gasteiger partial charge in [-0.1, -0.05) is 34.6 Å². The maximum atomic E-state index is 13.0. The van der Waals surface area contributed by atoms with Crippen molar-refractivity contribution < 1.29 is 45.9 Å². The third-order valence-corrected chi connectivity index (χ3v) is 25.9. The van der Waals surface area contributed by atoms with E-state index in [1.165, 1.54) is 32.1 Å². The van der Waals surface area contributed by atoms with Crippen molar-refractivity contribution >= 4 is 171 Å². The summed E-state index contributed by atoms with van der Waals surface area (Å²) in [5.74, 6) is 4.35. The second kappa shape index (κ2) is 36.9. The lowest BCUT2D eigenvalue weighted by Crippen LogP contribution is -2.29. The van der Waals surface area contributed by atoms with Crippen LogP contribution >= 0.6 is 0 Å². The summed E-state index contributed by atoms with van der Waals surface area (Å²) in [4.78, 5) is 115. The zero-order chi connectivity index (χ0) is 87.8. The largest absolute Gasteiger partial charge is 0.383 e. The molecule has 660 valence electrons. The molecule has 30 nitrogen and oxygen atoms in total. The number of nitrogens with one attached hydrogen (secondary N) is 5. The number of hydrogen-bond acceptors (Lipinski definition) is 25. The van der Waals surface area contributed by atoms with Crippen LogP contribution in [-0.2, 0) is 24.0 Å². The Labute approximate surface area is 720 Å². The van der Waals surface area contributed by atoms with E-state index in [2.05, 4.69) is 136 Å². The first-order valence-electron chi connectivity index (χ1n) is 44.2. The molecule has 10 aromatic rings. The lowest BCUT2D eigenvalue weighted by molar-refractivity contribution is -0.118. The van der Waals surface area contributed by atoms with Gasteiger partial charge in [0.15, 0.2) is 0 Å². The Morgan fingerprint density at radius 3 is 0.600 bits per heavy atom. The highest BCUT2D eigenvalue weighted by Gasteiger charge is 2.47. The predicted molar refractivity (Wildman–Crippen MR) is 481 cm³/mol. The van der Waals surface area contributed by atoms with Crippen LogP contribution in [0.3, 0.4) is 0 Å². The zero-order valence-electron chi connectivity index (χ0n) is 71.0. The molecule has 5 aliphatic heterocycles. The van der Waals surface area contributed by atoms with Crippen molar-refractivity contribution in [2.45, 2.75) is 224 Å². The maximum absolute atomic E-state index is 13.0. The molecular weight excluding hydrogens is 1610 g/mol. The molecule has 0 bridgehead atoms. The Balaban J connectivity index is 0.000000115. The normalized spacial score (nSPS) is 25.4. The molecule has 35 heteroatoms. The summed E-state index contributed by atoms with van der Waals surface area (Å²) < 4.78 is 65.1. The smallest absolute Gasteiger partial charge is 0.231 e. The number of anilines is 15. The number of hydrogen-bond donors (Lipinski definition) is 10. The highest BCUT2D eigenvalue weighted by molar-refractivity contribution is 6.03. The molecule has 10 aromatic heterocycles. The van der Waals surface area contributed by atoms with E-state index >= 15 is 0 Å². The molecule has 0 spiro atoms. The Morgan fingerprint density at radius 1 is 0.296 bits per heavy atom. The van der Waals surface area contributed by atoms with E-state index in [4.69, 9.17) is 28.7 Å². The van der Waals surface area contributed by atoms with Gasteiger partial charge in [-0.25, -0.2) is 71.8 Å². The average molecular weight is 1720 g/mol. The lowest BCUT2D eigenvalue weighted by atomic mass is 10.1. The number of aromatic nitrogens is 10. The molecule has 5 saturated carbocycles. The highest BCUT2D eigenvalue weighted by Crippen LogP contribution is 2.43. The van der Waals surface area contributed by atoms with Gasteiger partial charge in [0.25, 0.3) is 0 Å². The van der Waals surface area contributed by atoms with Crippen molar-refractivity contribution in [1.29, 1.82) is 0 Å². The molecule has 15 atom stereocenters. The fraction of sp³-hybridized carbons (Fsp3) is 0.500. The van der Waals surface area contributed by atoms with Gasteiger partial charge >= 0.3 is 0 Å². The zero-order valence-corrected chi connectivity index (χ0v) is 71.0. The summed E-state index contributed by atoms with van der Waals surface area (Å²) >= 11 is 0. The van der Waals surface area contributed by atoms with Crippen LogP contribution in [0.25, 0.3) is 53.9 Å². The van der Waals surface area contributed by atoms with E-state index in [0.717, 1.165) is 180 Å². The first-order valence-corrected chi connectivity index (χ1v) is 44.2. The Kier molecular flexibility index (Phi) is 25.5. The molecule has 5 aliphatic carbocycles. The fourth-order valence-corrected chi connectivity index (χ4v) is 18.0. The number of rotatable bonds is 20. The minimum atomic E-state index is -1.02. The number of nitrogen functional groups attached to an aromatic ring is 5. The first-order chi connectivity index (χ1) is 60.3. The van der Waals surface area contributed by atoms with Crippen LogP contribution in [0.2, 0.25) is 0 Å².